The Bertz CT molecular complexity index is 719. The van der Waals surface area contributed by atoms with Crippen molar-refractivity contribution in [1.29, 1.82) is 0 Å². The van der Waals surface area contributed by atoms with Crippen molar-refractivity contribution < 1.29 is 8.81 Å². The second-order valence-electron chi connectivity index (χ2n) is 4.47. The average molecular weight is 279 g/mol. The number of hydrogen-bond acceptors (Lipinski definition) is 2. The molecule has 3 nitrogen and oxygen atoms in total. The van der Waals surface area contributed by atoms with E-state index in [-0.39, 0.29) is 11.7 Å². The van der Waals surface area contributed by atoms with Crippen molar-refractivity contribution in [2.45, 2.75) is 19.3 Å². The van der Waals surface area contributed by atoms with E-state index >= 15 is 0 Å². The number of aryl methyl sites for hydroxylation is 1. The number of alkyl halides is 1. The molecule has 19 heavy (non-hydrogen) atoms. The van der Waals surface area contributed by atoms with Crippen LogP contribution < -0.4 is 0 Å². The second kappa shape index (κ2) is 4.70. The van der Waals surface area contributed by atoms with Gasteiger partial charge in [-0.3, -0.25) is 0 Å². The van der Waals surface area contributed by atoms with Crippen LogP contribution in [-0.4, -0.2) is 9.55 Å². The topological polar surface area (TPSA) is 31.0 Å². The van der Waals surface area contributed by atoms with Crippen molar-refractivity contribution >= 4 is 22.6 Å². The van der Waals surface area contributed by atoms with Crippen molar-refractivity contribution in [3.63, 3.8) is 0 Å². The van der Waals surface area contributed by atoms with Crippen LogP contribution in [0.5, 0.6) is 0 Å². The summed E-state index contributed by atoms with van der Waals surface area (Å²) >= 11 is 5.92. The van der Waals surface area contributed by atoms with Gasteiger partial charge in [-0.15, -0.1) is 11.6 Å². The smallest absolute Gasteiger partial charge is 0.128 e. The zero-order chi connectivity index (χ0) is 13.4. The van der Waals surface area contributed by atoms with Gasteiger partial charge in [0.25, 0.3) is 0 Å². The minimum atomic E-state index is -0.249. The maximum absolute atomic E-state index is 13.6. The molecule has 0 atom stereocenters. The molecule has 0 bridgehead atoms. The molecular weight excluding hydrogens is 267 g/mol. The number of hydrogen-bond donors (Lipinski definition) is 0. The summed E-state index contributed by atoms with van der Waals surface area (Å²) in [7, 11) is 0. The molecule has 0 radical (unpaired) electrons. The largest absolute Gasteiger partial charge is 0.472 e. The lowest BCUT2D eigenvalue weighted by Gasteiger charge is -2.06. The molecule has 3 rings (SSSR count). The zero-order valence-electron chi connectivity index (χ0n) is 10.4. The Balaban J connectivity index is 2.17. The fourth-order valence-electron chi connectivity index (χ4n) is 2.14. The number of nitrogens with zero attached hydrogens (tertiary/aromatic N) is 2. The number of rotatable bonds is 3. The Morgan fingerprint density at radius 3 is 2.95 bits per heavy atom. The van der Waals surface area contributed by atoms with Gasteiger partial charge >= 0.3 is 0 Å². The summed E-state index contributed by atoms with van der Waals surface area (Å²) in [5.41, 5.74) is 3.13. The van der Waals surface area contributed by atoms with Crippen LogP contribution in [0.1, 0.15) is 17.0 Å². The first kappa shape index (κ1) is 12.2. The molecule has 0 unspecified atom stereocenters. The van der Waals surface area contributed by atoms with Gasteiger partial charge in [0.15, 0.2) is 0 Å². The van der Waals surface area contributed by atoms with Crippen LogP contribution >= 0.6 is 11.6 Å². The predicted octanol–water partition coefficient (Wildman–Crippen LogP) is 3.86. The molecule has 0 aliphatic heterocycles. The molecule has 3 aromatic rings. The van der Waals surface area contributed by atoms with Gasteiger partial charge in [-0.25, -0.2) is 9.37 Å². The summed E-state index contributed by atoms with van der Waals surface area (Å²) in [4.78, 5) is 4.37. The molecule has 0 saturated carbocycles. The summed E-state index contributed by atoms with van der Waals surface area (Å²) < 4.78 is 20.6. The number of fused-ring (bicyclic) bond motifs is 1. The maximum atomic E-state index is 13.6. The van der Waals surface area contributed by atoms with E-state index in [0.717, 1.165) is 16.9 Å². The summed E-state index contributed by atoms with van der Waals surface area (Å²) in [5, 5.41) is 0. The summed E-state index contributed by atoms with van der Waals surface area (Å²) in [6, 6.07) is 5.14. The highest BCUT2D eigenvalue weighted by Crippen LogP contribution is 2.22. The standard InChI is InChI=1S/C14H12ClFN2O/c1-9-4-13-12(5-11(9)16)17-14(6-15)18(13)7-10-2-3-19-8-10/h2-5,8H,6-7H2,1H3. The first-order chi connectivity index (χ1) is 9.19. The van der Waals surface area contributed by atoms with Crippen LogP contribution in [-0.2, 0) is 12.4 Å². The Kier molecular flexibility index (Phi) is 3.03. The maximum Gasteiger partial charge on any atom is 0.128 e. The van der Waals surface area contributed by atoms with Gasteiger partial charge < -0.3 is 8.98 Å². The quantitative estimate of drug-likeness (QED) is 0.681. The molecule has 0 amide bonds. The lowest BCUT2D eigenvalue weighted by molar-refractivity contribution is 0.562. The average Bonchev–Trinajstić information content (AvgIpc) is 3.00. The third-order valence-electron chi connectivity index (χ3n) is 3.15. The van der Waals surface area contributed by atoms with Gasteiger partial charge in [0.05, 0.1) is 36.0 Å². The zero-order valence-corrected chi connectivity index (χ0v) is 11.1. The first-order valence-electron chi connectivity index (χ1n) is 5.91. The lowest BCUT2D eigenvalue weighted by atomic mass is 10.2. The van der Waals surface area contributed by atoms with E-state index in [4.69, 9.17) is 16.0 Å². The third-order valence-corrected chi connectivity index (χ3v) is 3.39. The molecule has 98 valence electrons. The van der Waals surface area contributed by atoms with Gasteiger partial charge in [-0.1, -0.05) is 0 Å². The Labute approximate surface area is 114 Å². The molecule has 0 spiro atoms. The SMILES string of the molecule is Cc1cc2c(cc1F)nc(CCl)n2Cc1ccoc1. The Morgan fingerprint density at radius 2 is 2.26 bits per heavy atom. The highest BCUT2D eigenvalue weighted by molar-refractivity contribution is 6.16. The second-order valence-corrected chi connectivity index (χ2v) is 4.74. The van der Waals surface area contributed by atoms with Crippen LogP contribution in [0.15, 0.2) is 35.1 Å². The van der Waals surface area contributed by atoms with E-state index in [1.165, 1.54) is 6.07 Å². The number of benzene rings is 1. The molecule has 5 heteroatoms. The number of halogens is 2. The molecule has 0 N–H and O–H groups in total. The molecule has 2 heterocycles. The third kappa shape index (κ3) is 2.12. The highest BCUT2D eigenvalue weighted by Gasteiger charge is 2.13. The van der Waals surface area contributed by atoms with E-state index in [0.29, 0.717) is 17.6 Å². The summed E-state index contributed by atoms with van der Waals surface area (Å²) in [6.07, 6.45) is 3.31. The molecular formula is C14H12ClFN2O. The van der Waals surface area contributed by atoms with Crippen molar-refractivity contribution in [2.24, 2.45) is 0 Å². The minimum Gasteiger partial charge on any atom is -0.472 e. The van der Waals surface area contributed by atoms with Gasteiger partial charge in [-0.2, -0.15) is 0 Å². The summed E-state index contributed by atoms with van der Waals surface area (Å²) in [5.74, 6) is 0.761. The molecule has 0 aliphatic rings. The van der Waals surface area contributed by atoms with Crippen LogP contribution in [0.25, 0.3) is 11.0 Å². The van der Waals surface area contributed by atoms with Gasteiger partial charge in [0.2, 0.25) is 0 Å². The first-order valence-corrected chi connectivity index (χ1v) is 6.45. The van der Waals surface area contributed by atoms with E-state index in [1.54, 1.807) is 25.5 Å². The van der Waals surface area contributed by atoms with Gasteiger partial charge in [-0.05, 0) is 24.6 Å². The summed E-state index contributed by atoms with van der Waals surface area (Å²) in [6.45, 7) is 2.35. The number of imidazole rings is 1. The van der Waals surface area contributed by atoms with Crippen molar-refractivity contribution in [3.05, 3.63) is 53.5 Å². The minimum absolute atomic E-state index is 0.249. The Hall–Kier alpha value is -1.81. The highest BCUT2D eigenvalue weighted by atomic mass is 35.5. The van der Waals surface area contributed by atoms with E-state index in [2.05, 4.69) is 4.98 Å². The van der Waals surface area contributed by atoms with E-state index in [9.17, 15) is 4.39 Å². The normalized spacial score (nSPS) is 11.3. The van der Waals surface area contributed by atoms with Gasteiger partial charge in [0.1, 0.15) is 11.6 Å². The molecule has 0 saturated heterocycles. The lowest BCUT2D eigenvalue weighted by Crippen LogP contribution is -2.03. The van der Waals surface area contributed by atoms with Crippen LogP contribution in [0, 0.1) is 12.7 Å². The number of aromatic nitrogens is 2. The predicted molar refractivity (Wildman–Crippen MR) is 71.8 cm³/mol. The van der Waals surface area contributed by atoms with Crippen LogP contribution in [0.2, 0.25) is 0 Å². The molecule has 1 aromatic carbocycles. The molecule has 0 fully saturated rings. The fourth-order valence-corrected chi connectivity index (χ4v) is 2.35. The monoisotopic (exact) mass is 278 g/mol. The van der Waals surface area contributed by atoms with Crippen molar-refractivity contribution in [1.82, 2.24) is 9.55 Å². The van der Waals surface area contributed by atoms with E-state index in [1.807, 2.05) is 10.6 Å². The fraction of sp³-hybridized carbons (Fsp3) is 0.214. The molecule has 0 aliphatic carbocycles. The van der Waals surface area contributed by atoms with Gasteiger partial charge in [0, 0.05) is 11.6 Å². The number of furan rings is 1. The van der Waals surface area contributed by atoms with E-state index < -0.39 is 0 Å². The van der Waals surface area contributed by atoms with Crippen molar-refractivity contribution in [3.8, 4) is 0 Å². The van der Waals surface area contributed by atoms with Crippen molar-refractivity contribution in [2.75, 3.05) is 0 Å². The Morgan fingerprint density at radius 1 is 1.42 bits per heavy atom. The van der Waals surface area contributed by atoms with Crippen LogP contribution in [0.3, 0.4) is 0 Å². The molecule has 2 aromatic heterocycles. The van der Waals surface area contributed by atoms with Crippen LogP contribution in [0.4, 0.5) is 4.39 Å².